The lowest BCUT2D eigenvalue weighted by atomic mass is 9.98. The minimum Gasteiger partial charge on any atom is -0.508 e. The molecule has 3 heteroatoms. The molecule has 0 aliphatic carbocycles. The summed E-state index contributed by atoms with van der Waals surface area (Å²) in [5, 5.41) is 13.7. The summed E-state index contributed by atoms with van der Waals surface area (Å²) in [4.78, 5) is 0. The first-order valence-electron chi connectivity index (χ1n) is 6.90. The van der Waals surface area contributed by atoms with Gasteiger partial charge in [-0.15, -0.1) is 0 Å². The fourth-order valence-corrected chi connectivity index (χ4v) is 2.44. The number of rotatable bonds is 6. The zero-order valence-corrected chi connectivity index (χ0v) is 12.4. The summed E-state index contributed by atoms with van der Waals surface area (Å²) in [5.41, 5.74) is 2.12. The number of halogens is 1. The van der Waals surface area contributed by atoms with Crippen LogP contribution in [0.1, 0.15) is 30.4 Å². The third-order valence-corrected chi connectivity index (χ3v) is 3.87. The van der Waals surface area contributed by atoms with E-state index in [4.69, 9.17) is 11.6 Å². The van der Waals surface area contributed by atoms with Crippen LogP contribution in [0.4, 0.5) is 0 Å². The molecule has 0 amide bonds. The molecule has 0 aliphatic rings. The summed E-state index contributed by atoms with van der Waals surface area (Å²) in [6.45, 7) is 3.71. The molecule has 1 atom stereocenters. The summed E-state index contributed by atoms with van der Waals surface area (Å²) in [6, 6.07) is 15.7. The molecule has 2 rings (SSSR count). The zero-order valence-electron chi connectivity index (χ0n) is 11.6. The van der Waals surface area contributed by atoms with E-state index in [9.17, 15) is 5.11 Å². The van der Waals surface area contributed by atoms with Gasteiger partial charge in [-0.05, 0) is 36.6 Å². The van der Waals surface area contributed by atoms with Crippen LogP contribution >= 0.6 is 11.6 Å². The normalized spacial score (nSPS) is 12.3. The molecule has 0 aliphatic heterocycles. The Bertz CT molecular complexity index is 522. The van der Waals surface area contributed by atoms with E-state index in [0.717, 1.165) is 18.5 Å². The van der Waals surface area contributed by atoms with E-state index in [1.54, 1.807) is 18.2 Å². The molecule has 20 heavy (non-hydrogen) atoms. The molecule has 0 fully saturated rings. The lowest BCUT2D eigenvalue weighted by molar-refractivity contribution is 0.463. The van der Waals surface area contributed by atoms with Gasteiger partial charge in [-0.1, -0.05) is 54.9 Å². The van der Waals surface area contributed by atoms with E-state index < -0.39 is 0 Å². The Labute approximate surface area is 125 Å². The van der Waals surface area contributed by atoms with Crippen LogP contribution in [0.3, 0.4) is 0 Å². The first-order chi connectivity index (χ1) is 9.68. The number of hydrogen-bond donors (Lipinski definition) is 2. The van der Waals surface area contributed by atoms with Gasteiger partial charge in [0.1, 0.15) is 5.75 Å². The Hall–Kier alpha value is -1.51. The predicted molar refractivity (Wildman–Crippen MR) is 84.3 cm³/mol. The van der Waals surface area contributed by atoms with E-state index >= 15 is 0 Å². The average Bonchev–Trinajstić information content (AvgIpc) is 2.46. The Morgan fingerprint density at radius 1 is 1.10 bits per heavy atom. The monoisotopic (exact) mass is 289 g/mol. The molecule has 1 unspecified atom stereocenters. The number of aromatic hydroxyl groups is 1. The molecule has 2 aromatic rings. The molecule has 0 heterocycles. The maximum Gasteiger partial charge on any atom is 0.121 e. The molecule has 0 saturated carbocycles. The van der Waals surface area contributed by atoms with Crippen molar-refractivity contribution < 1.29 is 5.11 Å². The number of phenolic OH excluding ortho intramolecular Hbond substituents is 1. The highest BCUT2D eigenvalue weighted by Crippen LogP contribution is 2.25. The van der Waals surface area contributed by atoms with Gasteiger partial charge in [-0.2, -0.15) is 0 Å². The predicted octanol–water partition coefficient (Wildman–Crippen LogP) is 4.33. The van der Waals surface area contributed by atoms with E-state index in [2.05, 4.69) is 36.5 Å². The van der Waals surface area contributed by atoms with Crippen LogP contribution in [-0.2, 0) is 6.54 Å². The maximum absolute atomic E-state index is 9.75. The maximum atomic E-state index is 9.75. The van der Waals surface area contributed by atoms with Crippen LogP contribution in [0.25, 0.3) is 0 Å². The Morgan fingerprint density at radius 2 is 1.85 bits per heavy atom. The molecule has 106 valence electrons. The zero-order chi connectivity index (χ0) is 14.4. The molecule has 2 nitrogen and oxygen atoms in total. The van der Waals surface area contributed by atoms with Crippen LogP contribution in [0, 0.1) is 0 Å². The summed E-state index contributed by atoms with van der Waals surface area (Å²) in [5.74, 6) is 0.768. The number of benzene rings is 2. The second kappa shape index (κ2) is 7.32. The fourth-order valence-electron chi connectivity index (χ4n) is 2.20. The SMILES string of the molecule is CC(CCNCc1c(O)cccc1Cl)c1ccccc1. The van der Waals surface area contributed by atoms with Crippen LogP contribution < -0.4 is 5.32 Å². The molecule has 2 aromatic carbocycles. The molecule has 0 radical (unpaired) electrons. The van der Waals surface area contributed by atoms with Crippen LogP contribution in [0.2, 0.25) is 5.02 Å². The van der Waals surface area contributed by atoms with Gasteiger partial charge in [-0.25, -0.2) is 0 Å². The van der Waals surface area contributed by atoms with Crippen molar-refractivity contribution in [1.82, 2.24) is 5.32 Å². The summed E-state index contributed by atoms with van der Waals surface area (Å²) >= 11 is 6.07. The van der Waals surface area contributed by atoms with Crippen LogP contribution in [0.15, 0.2) is 48.5 Å². The Morgan fingerprint density at radius 3 is 2.55 bits per heavy atom. The highest BCUT2D eigenvalue weighted by molar-refractivity contribution is 6.31. The van der Waals surface area contributed by atoms with Gasteiger partial charge >= 0.3 is 0 Å². The van der Waals surface area contributed by atoms with E-state index in [1.165, 1.54) is 5.56 Å². The molecule has 0 bridgehead atoms. The van der Waals surface area contributed by atoms with Gasteiger partial charge in [0, 0.05) is 17.1 Å². The van der Waals surface area contributed by atoms with Crippen molar-refractivity contribution in [3.8, 4) is 5.75 Å². The first-order valence-corrected chi connectivity index (χ1v) is 7.28. The standard InChI is InChI=1S/C17H20ClNO/c1-13(14-6-3-2-4-7-14)10-11-19-12-15-16(18)8-5-9-17(15)20/h2-9,13,19-20H,10-12H2,1H3. The number of phenols is 1. The Kier molecular flexibility index (Phi) is 5.45. The number of hydrogen-bond acceptors (Lipinski definition) is 2. The largest absolute Gasteiger partial charge is 0.508 e. The third-order valence-electron chi connectivity index (χ3n) is 3.52. The lowest BCUT2D eigenvalue weighted by Crippen LogP contribution is -2.16. The van der Waals surface area contributed by atoms with Crippen molar-refractivity contribution in [3.63, 3.8) is 0 Å². The van der Waals surface area contributed by atoms with Gasteiger partial charge in [-0.3, -0.25) is 0 Å². The molecular weight excluding hydrogens is 270 g/mol. The van der Waals surface area contributed by atoms with Gasteiger partial charge < -0.3 is 10.4 Å². The van der Waals surface area contributed by atoms with Crippen molar-refractivity contribution >= 4 is 11.6 Å². The van der Waals surface area contributed by atoms with Crippen molar-refractivity contribution in [2.24, 2.45) is 0 Å². The fraction of sp³-hybridized carbons (Fsp3) is 0.294. The molecule has 0 saturated heterocycles. The van der Waals surface area contributed by atoms with Crippen LogP contribution in [-0.4, -0.2) is 11.7 Å². The second-order valence-corrected chi connectivity index (χ2v) is 5.42. The highest BCUT2D eigenvalue weighted by atomic mass is 35.5. The van der Waals surface area contributed by atoms with Crippen molar-refractivity contribution in [2.75, 3.05) is 6.54 Å². The van der Waals surface area contributed by atoms with E-state index in [0.29, 0.717) is 17.5 Å². The van der Waals surface area contributed by atoms with Gasteiger partial charge in [0.25, 0.3) is 0 Å². The molecule has 2 N–H and O–H groups in total. The summed E-state index contributed by atoms with van der Waals surface area (Å²) in [6.07, 6.45) is 1.05. The number of nitrogens with one attached hydrogen (secondary N) is 1. The van der Waals surface area contributed by atoms with Gasteiger partial charge in [0.15, 0.2) is 0 Å². The lowest BCUT2D eigenvalue weighted by Gasteiger charge is -2.13. The minimum absolute atomic E-state index is 0.251. The highest BCUT2D eigenvalue weighted by Gasteiger charge is 2.07. The van der Waals surface area contributed by atoms with Gasteiger partial charge in [0.2, 0.25) is 0 Å². The summed E-state index contributed by atoms with van der Waals surface area (Å²) < 4.78 is 0. The van der Waals surface area contributed by atoms with Crippen molar-refractivity contribution in [3.05, 3.63) is 64.7 Å². The summed E-state index contributed by atoms with van der Waals surface area (Å²) in [7, 11) is 0. The third kappa shape index (κ3) is 3.99. The van der Waals surface area contributed by atoms with E-state index in [-0.39, 0.29) is 5.75 Å². The molecule has 0 spiro atoms. The average molecular weight is 290 g/mol. The quantitative estimate of drug-likeness (QED) is 0.776. The van der Waals surface area contributed by atoms with Crippen LogP contribution in [0.5, 0.6) is 5.75 Å². The van der Waals surface area contributed by atoms with E-state index in [1.807, 2.05) is 6.07 Å². The molecular formula is C17H20ClNO. The topological polar surface area (TPSA) is 32.3 Å². The first kappa shape index (κ1) is 14.9. The van der Waals surface area contributed by atoms with Gasteiger partial charge in [0.05, 0.1) is 0 Å². The smallest absolute Gasteiger partial charge is 0.121 e. The van der Waals surface area contributed by atoms with Crippen molar-refractivity contribution in [2.45, 2.75) is 25.8 Å². The minimum atomic E-state index is 0.251. The molecule has 0 aromatic heterocycles. The Balaban J connectivity index is 1.80. The second-order valence-electron chi connectivity index (χ2n) is 5.01. The van der Waals surface area contributed by atoms with Crippen molar-refractivity contribution in [1.29, 1.82) is 0 Å².